The summed E-state index contributed by atoms with van der Waals surface area (Å²) in [6.07, 6.45) is 17.7. The number of aliphatic hydroxyl groups excluding tert-OH is 1. The summed E-state index contributed by atoms with van der Waals surface area (Å²) in [5, 5.41) is 10.8. The normalized spacial score (nSPS) is 56.9. The van der Waals surface area contributed by atoms with Crippen molar-refractivity contribution < 1.29 is 5.11 Å². The predicted octanol–water partition coefficient (Wildman–Crippen LogP) is 5.03. The van der Waals surface area contributed by atoms with Gasteiger partial charge in [-0.3, -0.25) is 0 Å². The molecule has 0 aromatic rings. The van der Waals surface area contributed by atoms with Gasteiger partial charge in [0.05, 0.1) is 0 Å². The van der Waals surface area contributed by atoms with Gasteiger partial charge >= 0.3 is 0 Å². The van der Waals surface area contributed by atoms with E-state index in [2.05, 4.69) is 0 Å². The lowest BCUT2D eigenvalue weighted by Crippen LogP contribution is -2.68. The molecule has 6 saturated carbocycles. The molecule has 1 N–H and O–H groups in total. The SMILES string of the molecule is OCC12C3CCCCC3C(C3CCCCC31)C1CCCCC12. The molecule has 0 heterocycles. The van der Waals surface area contributed by atoms with Crippen LogP contribution >= 0.6 is 0 Å². The van der Waals surface area contributed by atoms with Crippen LogP contribution < -0.4 is 0 Å². The second-order valence-corrected chi connectivity index (χ2v) is 9.51. The van der Waals surface area contributed by atoms with Gasteiger partial charge in [0, 0.05) is 12.0 Å². The molecule has 6 unspecified atom stereocenters. The summed E-state index contributed by atoms with van der Waals surface area (Å²) >= 11 is 0. The van der Waals surface area contributed by atoms with E-state index in [1.54, 1.807) is 0 Å². The fraction of sp³-hybridized carbons (Fsp3) is 1.00. The Kier molecular flexibility index (Phi) is 3.40. The van der Waals surface area contributed by atoms with Crippen LogP contribution in [0.1, 0.15) is 77.0 Å². The molecule has 0 saturated heterocycles. The highest BCUT2D eigenvalue weighted by Gasteiger charge is 2.68. The third-order valence-electron chi connectivity index (χ3n) is 9.29. The quantitative estimate of drug-likeness (QED) is 0.720. The highest BCUT2D eigenvalue weighted by atomic mass is 16.3. The molecular formula is C21H34O. The first-order valence-electron chi connectivity index (χ1n) is 10.5. The summed E-state index contributed by atoms with van der Waals surface area (Å²) in [5.41, 5.74) is 0.357. The third-order valence-corrected chi connectivity index (χ3v) is 9.29. The van der Waals surface area contributed by atoms with Crippen molar-refractivity contribution in [3.05, 3.63) is 0 Å². The van der Waals surface area contributed by atoms with Gasteiger partial charge in [0.25, 0.3) is 0 Å². The lowest BCUT2D eigenvalue weighted by Gasteiger charge is -2.72. The largest absolute Gasteiger partial charge is 0.396 e. The number of hydrogen-bond acceptors (Lipinski definition) is 1. The van der Waals surface area contributed by atoms with Crippen LogP contribution in [0.5, 0.6) is 0 Å². The van der Waals surface area contributed by atoms with Crippen molar-refractivity contribution >= 4 is 0 Å². The Morgan fingerprint density at radius 3 is 1.32 bits per heavy atom. The molecule has 22 heavy (non-hydrogen) atoms. The zero-order valence-corrected chi connectivity index (χ0v) is 14.2. The fourth-order valence-electron chi connectivity index (χ4n) is 8.99. The van der Waals surface area contributed by atoms with Crippen LogP contribution in [0, 0.1) is 46.8 Å². The van der Waals surface area contributed by atoms with Crippen LogP contribution in [0.25, 0.3) is 0 Å². The van der Waals surface area contributed by atoms with Crippen molar-refractivity contribution in [1.82, 2.24) is 0 Å². The van der Waals surface area contributed by atoms with E-state index in [1.165, 1.54) is 77.0 Å². The summed E-state index contributed by atoms with van der Waals surface area (Å²) < 4.78 is 0. The van der Waals surface area contributed by atoms with Gasteiger partial charge in [-0.2, -0.15) is 0 Å². The van der Waals surface area contributed by atoms with Crippen LogP contribution in [0.4, 0.5) is 0 Å². The first kappa shape index (κ1) is 14.3. The van der Waals surface area contributed by atoms with Crippen LogP contribution in [0.3, 0.4) is 0 Å². The molecule has 2 bridgehead atoms. The van der Waals surface area contributed by atoms with Crippen LogP contribution in [-0.4, -0.2) is 11.7 Å². The molecule has 6 aliphatic rings. The molecule has 0 aromatic heterocycles. The van der Waals surface area contributed by atoms with Crippen molar-refractivity contribution in [2.45, 2.75) is 77.0 Å². The van der Waals surface area contributed by atoms with Crippen molar-refractivity contribution in [1.29, 1.82) is 0 Å². The highest BCUT2D eigenvalue weighted by molar-refractivity contribution is 5.16. The Hall–Kier alpha value is -0.0400. The minimum Gasteiger partial charge on any atom is -0.396 e. The lowest BCUT2D eigenvalue weighted by molar-refractivity contribution is -0.260. The highest BCUT2D eigenvalue weighted by Crippen LogP contribution is 2.73. The second-order valence-electron chi connectivity index (χ2n) is 9.51. The molecule has 0 radical (unpaired) electrons. The monoisotopic (exact) mass is 302 g/mol. The molecule has 124 valence electrons. The van der Waals surface area contributed by atoms with Crippen LogP contribution in [0.2, 0.25) is 0 Å². The molecule has 0 aliphatic heterocycles. The van der Waals surface area contributed by atoms with E-state index in [0.717, 1.165) is 41.4 Å². The Labute approximate surface area is 136 Å². The van der Waals surface area contributed by atoms with E-state index in [1.807, 2.05) is 0 Å². The summed E-state index contributed by atoms with van der Waals surface area (Å²) in [6, 6.07) is 0. The predicted molar refractivity (Wildman–Crippen MR) is 89.4 cm³/mol. The van der Waals surface area contributed by atoms with Gasteiger partial charge in [-0.25, -0.2) is 0 Å². The Morgan fingerprint density at radius 1 is 0.591 bits per heavy atom. The van der Waals surface area contributed by atoms with Gasteiger partial charge in [0.1, 0.15) is 0 Å². The zero-order valence-electron chi connectivity index (χ0n) is 14.2. The maximum Gasteiger partial charge on any atom is 0.0495 e. The third kappa shape index (κ3) is 1.65. The average molecular weight is 303 g/mol. The summed E-state index contributed by atoms with van der Waals surface area (Å²) in [5.74, 6) is 6.76. The number of rotatable bonds is 1. The van der Waals surface area contributed by atoms with Crippen LogP contribution in [-0.2, 0) is 0 Å². The second kappa shape index (κ2) is 5.23. The van der Waals surface area contributed by atoms with Gasteiger partial charge in [0.15, 0.2) is 0 Å². The molecule has 6 aliphatic carbocycles. The first-order chi connectivity index (χ1) is 10.9. The molecule has 6 rings (SSSR count). The van der Waals surface area contributed by atoms with E-state index in [9.17, 15) is 5.11 Å². The summed E-state index contributed by atoms with van der Waals surface area (Å²) in [7, 11) is 0. The smallest absolute Gasteiger partial charge is 0.0495 e. The van der Waals surface area contributed by atoms with Gasteiger partial charge in [0.2, 0.25) is 0 Å². The lowest BCUT2D eigenvalue weighted by atomic mass is 9.32. The zero-order chi connectivity index (χ0) is 14.7. The van der Waals surface area contributed by atoms with Gasteiger partial charge < -0.3 is 5.11 Å². The Bertz CT molecular complexity index is 370. The number of hydrogen-bond donors (Lipinski definition) is 1. The molecular weight excluding hydrogens is 268 g/mol. The maximum absolute atomic E-state index is 10.8. The summed E-state index contributed by atoms with van der Waals surface area (Å²) in [6.45, 7) is 0.531. The van der Waals surface area contributed by atoms with E-state index in [4.69, 9.17) is 0 Å². The van der Waals surface area contributed by atoms with Crippen molar-refractivity contribution in [2.75, 3.05) is 6.61 Å². The minimum atomic E-state index is 0.357. The molecule has 1 nitrogen and oxygen atoms in total. The molecule has 1 heteroatoms. The molecule has 0 aromatic carbocycles. The standard InChI is InChI=1S/C21H34O/c22-13-21-17-10-4-1-7-14(17)20(15-8-2-5-11-18(15)21)16-9-3-6-12-19(16)21/h14-20,22H,1-13H2. The minimum absolute atomic E-state index is 0.357. The van der Waals surface area contributed by atoms with Gasteiger partial charge in [-0.05, 0) is 80.0 Å². The van der Waals surface area contributed by atoms with Crippen molar-refractivity contribution in [2.24, 2.45) is 46.8 Å². The molecule has 0 spiro atoms. The number of aliphatic hydroxyl groups is 1. The molecule has 6 fully saturated rings. The van der Waals surface area contributed by atoms with Crippen LogP contribution in [0.15, 0.2) is 0 Å². The summed E-state index contributed by atoms with van der Waals surface area (Å²) in [4.78, 5) is 0. The van der Waals surface area contributed by atoms with Gasteiger partial charge in [-0.15, -0.1) is 0 Å². The average Bonchev–Trinajstić information content (AvgIpc) is 2.61. The van der Waals surface area contributed by atoms with Gasteiger partial charge in [-0.1, -0.05) is 38.5 Å². The molecule has 6 atom stereocenters. The van der Waals surface area contributed by atoms with Crippen molar-refractivity contribution in [3.8, 4) is 0 Å². The Morgan fingerprint density at radius 2 is 0.955 bits per heavy atom. The topological polar surface area (TPSA) is 20.2 Å². The molecule has 0 amide bonds. The fourth-order valence-corrected chi connectivity index (χ4v) is 8.99. The van der Waals surface area contributed by atoms with E-state index < -0.39 is 0 Å². The van der Waals surface area contributed by atoms with Crippen molar-refractivity contribution in [3.63, 3.8) is 0 Å². The Balaban J connectivity index is 1.64. The van der Waals surface area contributed by atoms with E-state index in [0.29, 0.717) is 12.0 Å². The van der Waals surface area contributed by atoms with E-state index in [-0.39, 0.29) is 0 Å². The first-order valence-corrected chi connectivity index (χ1v) is 10.5. The van der Waals surface area contributed by atoms with E-state index >= 15 is 0 Å². The maximum atomic E-state index is 10.8.